The zero-order chi connectivity index (χ0) is 35.1. The lowest BCUT2D eigenvalue weighted by Crippen LogP contribution is -2.00. The first kappa shape index (κ1) is 30.6. The number of hydrogen-bond donors (Lipinski definition) is 0. The van der Waals surface area contributed by atoms with Gasteiger partial charge in [-0.15, -0.1) is 0 Å². The van der Waals surface area contributed by atoms with Gasteiger partial charge in [0, 0.05) is 32.8 Å². The van der Waals surface area contributed by atoms with Crippen molar-refractivity contribution in [3.63, 3.8) is 0 Å². The first-order valence-corrected chi connectivity index (χ1v) is 17.8. The lowest BCUT2D eigenvalue weighted by molar-refractivity contribution is 0.673. The van der Waals surface area contributed by atoms with Gasteiger partial charge in [-0.3, -0.25) is 0 Å². The SMILES string of the molecule is c1ccc(-c2ccc(-c3nc(-c4ccccc4)nc(-c4ccc(-c5cc6c7ccc(-c8ccccc8)cc7oc6c6ccccc56)cc4)n3)cc2)cc1. The Bertz CT molecular complexity index is 2900. The third kappa shape index (κ3) is 5.63. The van der Waals surface area contributed by atoms with Crippen LogP contribution in [0.5, 0.6) is 0 Å². The maximum atomic E-state index is 6.60. The van der Waals surface area contributed by atoms with Crippen molar-refractivity contribution in [2.24, 2.45) is 0 Å². The van der Waals surface area contributed by atoms with E-state index in [4.69, 9.17) is 19.4 Å². The monoisotopic (exact) mass is 677 g/mol. The second-order valence-corrected chi connectivity index (χ2v) is 13.2. The molecule has 10 aromatic rings. The predicted molar refractivity (Wildman–Crippen MR) is 217 cm³/mol. The Balaban J connectivity index is 1.06. The van der Waals surface area contributed by atoms with Crippen molar-refractivity contribution >= 4 is 32.7 Å². The molecule has 0 unspecified atom stereocenters. The van der Waals surface area contributed by atoms with Gasteiger partial charge in [-0.1, -0.05) is 170 Å². The normalized spacial score (nSPS) is 11.4. The van der Waals surface area contributed by atoms with Gasteiger partial charge < -0.3 is 4.42 Å². The summed E-state index contributed by atoms with van der Waals surface area (Å²) >= 11 is 0. The number of aromatic nitrogens is 3. The summed E-state index contributed by atoms with van der Waals surface area (Å²) in [6, 6.07) is 65.2. The molecule has 0 bridgehead atoms. The van der Waals surface area contributed by atoms with Crippen molar-refractivity contribution in [3.05, 3.63) is 188 Å². The number of rotatable bonds is 6. The first-order valence-electron chi connectivity index (χ1n) is 17.8. The van der Waals surface area contributed by atoms with Crippen LogP contribution < -0.4 is 0 Å². The Hall–Kier alpha value is -7.17. The van der Waals surface area contributed by atoms with Gasteiger partial charge in [-0.2, -0.15) is 0 Å². The van der Waals surface area contributed by atoms with Gasteiger partial charge in [-0.25, -0.2) is 15.0 Å². The van der Waals surface area contributed by atoms with Gasteiger partial charge in [-0.05, 0) is 57.0 Å². The van der Waals surface area contributed by atoms with E-state index in [-0.39, 0.29) is 0 Å². The first-order chi connectivity index (χ1) is 26.2. The zero-order valence-corrected chi connectivity index (χ0v) is 28.6. The van der Waals surface area contributed by atoms with Crippen molar-refractivity contribution in [1.29, 1.82) is 0 Å². The fourth-order valence-corrected chi connectivity index (χ4v) is 7.24. The molecule has 0 radical (unpaired) electrons. The number of hydrogen-bond acceptors (Lipinski definition) is 4. The highest BCUT2D eigenvalue weighted by Crippen LogP contribution is 2.41. The van der Waals surface area contributed by atoms with Crippen LogP contribution in [-0.2, 0) is 0 Å². The molecule has 4 nitrogen and oxygen atoms in total. The van der Waals surface area contributed by atoms with Crippen LogP contribution in [0.3, 0.4) is 0 Å². The molecular formula is C49H31N3O. The molecule has 53 heavy (non-hydrogen) atoms. The highest BCUT2D eigenvalue weighted by atomic mass is 16.3. The number of fused-ring (bicyclic) bond motifs is 5. The molecule has 0 spiro atoms. The second kappa shape index (κ2) is 12.9. The summed E-state index contributed by atoms with van der Waals surface area (Å²) in [6.07, 6.45) is 0. The number of nitrogens with zero attached hydrogens (tertiary/aromatic N) is 3. The van der Waals surface area contributed by atoms with Gasteiger partial charge in [0.05, 0.1) is 0 Å². The van der Waals surface area contributed by atoms with Crippen LogP contribution in [0.25, 0.3) is 100 Å². The minimum absolute atomic E-state index is 0.628. The average Bonchev–Trinajstić information content (AvgIpc) is 3.62. The van der Waals surface area contributed by atoms with Gasteiger partial charge in [0.25, 0.3) is 0 Å². The van der Waals surface area contributed by atoms with Crippen molar-refractivity contribution in [3.8, 4) is 67.5 Å². The second-order valence-electron chi connectivity index (χ2n) is 13.2. The Morgan fingerprint density at radius 3 is 1.28 bits per heavy atom. The summed E-state index contributed by atoms with van der Waals surface area (Å²) in [5.74, 6) is 1.90. The summed E-state index contributed by atoms with van der Waals surface area (Å²) in [6.45, 7) is 0. The zero-order valence-electron chi connectivity index (χ0n) is 28.6. The minimum atomic E-state index is 0.628. The number of benzene rings is 8. The van der Waals surface area contributed by atoms with E-state index in [1.807, 2.05) is 42.5 Å². The molecule has 0 fully saturated rings. The van der Waals surface area contributed by atoms with E-state index in [0.29, 0.717) is 17.5 Å². The molecule has 10 rings (SSSR count). The van der Waals surface area contributed by atoms with Crippen LogP contribution in [-0.4, -0.2) is 15.0 Å². The summed E-state index contributed by atoms with van der Waals surface area (Å²) in [5, 5.41) is 4.44. The van der Waals surface area contributed by atoms with E-state index in [1.165, 1.54) is 11.1 Å². The van der Waals surface area contributed by atoms with Crippen LogP contribution in [0.1, 0.15) is 0 Å². The molecule has 0 aliphatic carbocycles. The van der Waals surface area contributed by atoms with Crippen LogP contribution in [0.15, 0.2) is 192 Å². The van der Waals surface area contributed by atoms with Crippen molar-refractivity contribution in [2.75, 3.05) is 0 Å². The molecule has 0 saturated carbocycles. The maximum Gasteiger partial charge on any atom is 0.164 e. The molecule has 4 heteroatoms. The van der Waals surface area contributed by atoms with E-state index in [0.717, 1.165) is 71.7 Å². The van der Waals surface area contributed by atoms with Gasteiger partial charge in [0.1, 0.15) is 11.2 Å². The van der Waals surface area contributed by atoms with Crippen LogP contribution in [0, 0.1) is 0 Å². The van der Waals surface area contributed by atoms with E-state index in [1.54, 1.807) is 0 Å². The summed E-state index contributed by atoms with van der Waals surface area (Å²) in [5.41, 5.74) is 11.5. The number of furan rings is 1. The molecule has 0 N–H and O–H groups in total. The van der Waals surface area contributed by atoms with Crippen LogP contribution >= 0.6 is 0 Å². The Morgan fingerprint density at radius 1 is 0.283 bits per heavy atom. The molecule has 0 amide bonds. The van der Waals surface area contributed by atoms with E-state index in [9.17, 15) is 0 Å². The van der Waals surface area contributed by atoms with Crippen LogP contribution in [0.4, 0.5) is 0 Å². The highest BCUT2D eigenvalue weighted by Gasteiger charge is 2.17. The third-order valence-corrected chi connectivity index (χ3v) is 9.96. The maximum absolute atomic E-state index is 6.60. The Kier molecular flexibility index (Phi) is 7.43. The van der Waals surface area contributed by atoms with Crippen molar-refractivity contribution < 1.29 is 4.42 Å². The molecule has 0 aliphatic heterocycles. The fraction of sp³-hybridized carbons (Fsp3) is 0. The Morgan fingerprint density at radius 2 is 0.698 bits per heavy atom. The highest BCUT2D eigenvalue weighted by molar-refractivity contribution is 6.19. The fourth-order valence-electron chi connectivity index (χ4n) is 7.24. The summed E-state index contributed by atoms with van der Waals surface area (Å²) in [7, 11) is 0. The van der Waals surface area contributed by atoms with Crippen LogP contribution in [0.2, 0.25) is 0 Å². The lowest BCUT2D eigenvalue weighted by atomic mass is 9.94. The van der Waals surface area contributed by atoms with Gasteiger partial charge in [0.2, 0.25) is 0 Å². The molecule has 0 saturated heterocycles. The van der Waals surface area contributed by atoms with E-state index < -0.39 is 0 Å². The minimum Gasteiger partial charge on any atom is -0.455 e. The smallest absolute Gasteiger partial charge is 0.164 e. The standard InChI is InChI=1S/C49H31N3O/c1-4-12-32(13-5-1)34-20-24-37(25-21-34)48-50-47(36-16-8-3-9-17-36)51-49(52-48)38-26-22-35(23-27-38)43-31-44-41-29-28-39(33-14-6-2-7-15-33)30-45(41)53-46(44)42-19-11-10-18-40(42)43/h1-31H. The van der Waals surface area contributed by atoms with Crippen molar-refractivity contribution in [1.82, 2.24) is 15.0 Å². The average molecular weight is 678 g/mol. The molecule has 8 aromatic carbocycles. The third-order valence-electron chi connectivity index (χ3n) is 9.96. The molecule has 2 aromatic heterocycles. The molecule has 0 aliphatic rings. The van der Waals surface area contributed by atoms with Gasteiger partial charge >= 0.3 is 0 Å². The quantitative estimate of drug-likeness (QED) is 0.176. The topological polar surface area (TPSA) is 51.8 Å². The summed E-state index contributed by atoms with van der Waals surface area (Å²) in [4.78, 5) is 14.9. The molecule has 2 heterocycles. The predicted octanol–water partition coefficient (Wildman–Crippen LogP) is 12.9. The van der Waals surface area contributed by atoms with E-state index in [2.05, 4.69) is 146 Å². The molecular weight excluding hydrogens is 647 g/mol. The summed E-state index contributed by atoms with van der Waals surface area (Å²) < 4.78 is 6.60. The molecule has 248 valence electrons. The van der Waals surface area contributed by atoms with E-state index >= 15 is 0 Å². The lowest BCUT2D eigenvalue weighted by Gasteiger charge is -2.11. The van der Waals surface area contributed by atoms with Crippen molar-refractivity contribution in [2.45, 2.75) is 0 Å². The Labute approximate surface area is 306 Å². The molecule has 0 atom stereocenters. The van der Waals surface area contributed by atoms with Gasteiger partial charge in [0.15, 0.2) is 17.5 Å². The largest absolute Gasteiger partial charge is 0.455 e.